The molecule has 0 heterocycles. The van der Waals surface area contributed by atoms with Gasteiger partial charge in [0.1, 0.15) is 46.0 Å². The SMILES string of the molecule is CCCCCCOCc1c(O)c2cc(c1O)C(CC(C)C)c1cc(c(O)c(COCCCCCC)c1O)C(CC(C)C)c1cc(c(O)c(COCCCCCC)c1O)C(CC(C)C)c1cc(c(O)c(COCCCCCC)c1O)C2CC(C)C. The fourth-order valence-electron chi connectivity index (χ4n) is 12.5. The topological polar surface area (TPSA) is 199 Å². The van der Waals surface area contributed by atoms with Crippen molar-refractivity contribution in [3.8, 4) is 46.0 Å². The van der Waals surface area contributed by atoms with Crippen LogP contribution < -0.4 is 0 Å². The molecule has 8 bridgehead atoms. The van der Waals surface area contributed by atoms with Crippen molar-refractivity contribution in [1.29, 1.82) is 0 Å². The van der Waals surface area contributed by atoms with E-state index in [1.54, 1.807) is 0 Å². The predicted molar refractivity (Wildman–Crippen MR) is 339 cm³/mol. The van der Waals surface area contributed by atoms with Gasteiger partial charge in [-0.2, -0.15) is 0 Å². The molecule has 8 N–H and O–H groups in total. The summed E-state index contributed by atoms with van der Waals surface area (Å²) in [4.78, 5) is 0. The Labute approximate surface area is 506 Å². The molecule has 1 aliphatic carbocycles. The van der Waals surface area contributed by atoms with Crippen molar-refractivity contribution in [1.82, 2.24) is 0 Å². The van der Waals surface area contributed by atoms with Gasteiger partial charge in [-0.15, -0.1) is 0 Å². The highest BCUT2D eigenvalue weighted by Crippen LogP contribution is 2.56. The molecule has 12 heteroatoms. The van der Waals surface area contributed by atoms with Crippen molar-refractivity contribution >= 4 is 0 Å². The lowest BCUT2D eigenvalue weighted by molar-refractivity contribution is 0.113. The highest BCUT2D eigenvalue weighted by atomic mass is 16.5. The second kappa shape index (κ2) is 35.1. The molecule has 0 saturated heterocycles. The number of phenols is 8. The molecule has 0 fully saturated rings. The van der Waals surface area contributed by atoms with Gasteiger partial charge in [0.2, 0.25) is 0 Å². The Kier molecular flexibility index (Phi) is 29.2. The quantitative estimate of drug-likeness (QED) is 0.0201. The van der Waals surface area contributed by atoms with Crippen LogP contribution in [0.2, 0.25) is 0 Å². The summed E-state index contributed by atoms with van der Waals surface area (Å²) in [5.74, 6) is -4.45. The summed E-state index contributed by atoms with van der Waals surface area (Å²) in [5, 5.41) is 104. The Morgan fingerprint density at radius 3 is 0.583 bits per heavy atom. The monoisotopic (exact) mass is 1170 g/mol. The molecule has 84 heavy (non-hydrogen) atoms. The minimum atomic E-state index is -0.751. The maximum atomic E-state index is 13.0. The van der Waals surface area contributed by atoms with E-state index in [-0.39, 0.29) is 118 Å². The third kappa shape index (κ3) is 18.6. The summed E-state index contributed by atoms with van der Waals surface area (Å²) < 4.78 is 25.5. The number of benzene rings is 4. The van der Waals surface area contributed by atoms with Crippen LogP contribution in [-0.4, -0.2) is 67.3 Å². The Morgan fingerprint density at radius 2 is 0.440 bits per heavy atom. The van der Waals surface area contributed by atoms with Crippen molar-refractivity contribution in [2.24, 2.45) is 23.7 Å². The van der Waals surface area contributed by atoms with Crippen molar-refractivity contribution in [2.45, 2.75) is 262 Å². The molecule has 5 rings (SSSR count). The average molecular weight is 1170 g/mol. The molecular weight excluding hydrogens is 1060 g/mol. The minimum absolute atomic E-state index is 0.0114. The van der Waals surface area contributed by atoms with Crippen LogP contribution in [0.3, 0.4) is 0 Å². The number of aromatic hydroxyl groups is 8. The summed E-state index contributed by atoms with van der Waals surface area (Å²) in [6, 6.07) is 7.33. The zero-order valence-corrected chi connectivity index (χ0v) is 53.9. The van der Waals surface area contributed by atoms with Crippen LogP contribution >= 0.6 is 0 Å². The largest absolute Gasteiger partial charge is 0.507 e. The van der Waals surface area contributed by atoms with Crippen molar-refractivity contribution in [2.75, 3.05) is 26.4 Å². The van der Waals surface area contributed by atoms with Crippen LogP contribution in [0.4, 0.5) is 0 Å². The molecule has 1 aliphatic rings. The van der Waals surface area contributed by atoms with Gasteiger partial charge in [0, 0.05) is 94.6 Å². The Bertz CT molecular complexity index is 2160. The van der Waals surface area contributed by atoms with E-state index in [9.17, 15) is 40.9 Å². The number of hydrogen-bond donors (Lipinski definition) is 8. The van der Waals surface area contributed by atoms with E-state index in [0.29, 0.717) is 96.6 Å². The van der Waals surface area contributed by atoms with Gasteiger partial charge in [0.05, 0.1) is 48.7 Å². The van der Waals surface area contributed by atoms with E-state index >= 15 is 0 Å². The van der Waals surface area contributed by atoms with Gasteiger partial charge in [-0.05, 0) is 99.3 Å². The first kappa shape index (κ1) is 69.9. The van der Waals surface area contributed by atoms with Crippen LogP contribution in [0.25, 0.3) is 0 Å². The molecule has 0 saturated carbocycles. The third-order valence-corrected chi connectivity index (χ3v) is 17.1. The number of fused-ring (bicyclic) bond motifs is 8. The lowest BCUT2D eigenvalue weighted by Crippen LogP contribution is -2.16. The molecule has 0 aliphatic heterocycles. The molecule has 0 spiro atoms. The molecule has 0 aromatic heterocycles. The maximum absolute atomic E-state index is 13.0. The summed E-state index contributed by atoms with van der Waals surface area (Å²) in [6.45, 7) is 26.4. The predicted octanol–water partition coefficient (Wildman–Crippen LogP) is 18.7. The van der Waals surface area contributed by atoms with Crippen molar-refractivity contribution in [3.63, 3.8) is 0 Å². The Hall–Kier alpha value is -4.88. The summed E-state index contributed by atoms with van der Waals surface area (Å²) in [5.41, 5.74) is 4.19. The zero-order chi connectivity index (χ0) is 61.6. The second-order valence-corrected chi connectivity index (χ2v) is 26.1. The van der Waals surface area contributed by atoms with Crippen molar-refractivity contribution < 1.29 is 59.8 Å². The molecular formula is C72H112O12. The van der Waals surface area contributed by atoms with Crippen LogP contribution in [0.1, 0.15) is 302 Å². The van der Waals surface area contributed by atoms with Crippen LogP contribution in [0.15, 0.2) is 24.3 Å². The standard InChI is InChI=1S/C72H112O12/c1-13-17-21-25-29-81-41-61-65(73)53-37-54(66(61)74)50(34-46(7)8)56-39-58(70(78)63(68(56)76)43-83-31-27-23-19-15-3)52(36-48(11)12)60-40-59(71(79)64(72(60)80)44-84-32-28-24-20-16-4)51(35-47(9)10)57-38-55(49(53)33-45(5)6)67(75)62(69(57)77)42-82-30-26-22-18-14-2/h37-40,45-52,73-80H,13-36,41-44H2,1-12H3. The number of hydrogen-bond acceptors (Lipinski definition) is 12. The lowest BCUT2D eigenvalue weighted by atomic mass is 9.73. The van der Waals surface area contributed by atoms with Gasteiger partial charge >= 0.3 is 0 Å². The highest BCUT2D eigenvalue weighted by molar-refractivity contribution is 5.67. The van der Waals surface area contributed by atoms with Crippen LogP contribution in [-0.2, 0) is 45.4 Å². The fourth-order valence-corrected chi connectivity index (χ4v) is 12.5. The number of rotatable bonds is 36. The number of ether oxygens (including phenoxy) is 4. The lowest BCUT2D eigenvalue weighted by Gasteiger charge is -2.33. The van der Waals surface area contributed by atoms with Gasteiger partial charge in [-0.25, -0.2) is 0 Å². The molecule has 4 aromatic carbocycles. The van der Waals surface area contributed by atoms with E-state index in [2.05, 4.69) is 83.1 Å². The molecule has 0 radical (unpaired) electrons. The van der Waals surface area contributed by atoms with Gasteiger partial charge in [-0.3, -0.25) is 0 Å². The van der Waals surface area contributed by atoms with Gasteiger partial charge in [-0.1, -0.05) is 160 Å². The molecule has 472 valence electrons. The fraction of sp³-hybridized carbons (Fsp3) is 0.667. The third-order valence-electron chi connectivity index (χ3n) is 17.1. The van der Waals surface area contributed by atoms with Crippen molar-refractivity contribution in [3.05, 3.63) is 91.0 Å². The normalized spacial score (nSPS) is 16.3. The number of unbranched alkanes of at least 4 members (excludes halogenated alkanes) is 12. The zero-order valence-electron chi connectivity index (χ0n) is 53.9. The first-order valence-corrected chi connectivity index (χ1v) is 32.8. The average Bonchev–Trinajstić information content (AvgIpc) is 2.98. The molecule has 0 atom stereocenters. The van der Waals surface area contributed by atoms with Gasteiger partial charge < -0.3 is 59.8 Å². The second-order valence-electron chi connectivity index (χ2n) is 26.1. The van der Waals surface area contributed by atoms with E-state index in [4.69, 9.17) is 18.9 Å². The summed E-state index contributed by atoms with van der Waals surface area (Å²) >= 11 is 0. The number of phenolic OH excluding ortho intramolecular Hbond substituents is 8. The molecule has 12 nitrogen and oxygen atoms in total. The van der Waals surface area contributed by atoms with E-state index < -0.39 is 23.7 Å². The Balaban J connectivity index is 2.07. The maximum Gasteiger partial charge on any atom is 0.128 e. The summed E-state index contributed by atoms with van der Waals surface area (Å²) in [6.07, 6.45) is 17.1. The first-order chi connectivity index (χ1) is 40.2. The smallest absolute Gasteiger partial charge is 0.128 e. The van der Waals surface area contributed by atoms with Crippen LogP contribution in [0, 0.1) is 23.7 Å². The van der Waals surface area contributed by atoms with E-state index in [0.717, 1.165) is 103 Å². The van der Waals surface area contributed by atoms with E-state index in [1.807, 2.05) is 24.3 Å². The Morgan fingerprint density at radius 1 is 0.274 bits per heavy atom. The minimum Gasteiger partial charge on any atom is -0.507 e. The van der Waals surface area contributed by atoms with Gasteiger partial charge in [0.15, 0.2) is 0 Å². The van der Waals surface area contributed by atoms with E-state index in [1.165, 1.54) is 0 Å². The summed E-state index contributed by atoms with van der Waals surface area (Å²) in [7, 11) is 0. The molecule has 4 aromatic rings. The first-order valence-electron chi connectivity index (χ1n) is 32.8. The highest BCUT2D eigenvalue weighted by Gasteiger charge is 2.38. The van der Waals surface area contributed by atoms with Gasteiger partial charge in [0.25, 0.3) is 0 Å². The molecule has 0 unspecified atom stereocenters. The van der Waals surface area contributed by atoms with Crippen LogP contribution in [0.5, 0.6) is 46.0 Å². The molecule has 0 amide bonds.